The number of carbonyl (C=O) groups excluding carboxylic acids is 2. The molecule has 3 rings (SSSR count). The van der Waals surface area contributed by atoms with Crippen molar-refractivity contribution in [2.45, 2.75) is 18.2 Å². The van der Waals surface area contributed by atoms with Crippen molar-refractivity contribution in [2.24, 2.45) is 4.99 Å². The van der Waals surface area contributed by atoms with Gasteiger partial charge < -0.3 is 10.6 Å². The third-order valence-corrected chi connectivity index (χ3v) is 4.71. The summed E-state index contributed by atoms with van der Waals surface area (Å²) >= 11 is 1.18. The highest BCUT2D eigenvalue weighted by molar-refractivity contribution is 8.15. The van der Waals surface area contributed by atoms with Crippen molar-refractivity contribution in [3.8, 4) is 0 Å². The molecule has 8 heteroatoms. The number of halogens is 2. The number of rotatable bonds is 5. The summed E-state index contributed by atoms with van der Waals surface area (Å²) in [7, 11) is 0. The average molecular weight is 375 g/mol. The zero-order valence-electron chi connectivity index (χ0n) is 13.5. The summed E-state index contributed by atoms with van der Waals surface area (Å²) < 4.78 is 25.7. The molecule has 1 saturated heterocycles. The second kappa shape index (κ2) is 8.09. The number of nitrogens with one attached hydrogen (secondary N) is 2. The van der Waals surface area contributed by atoms with Crippen molar-refractivity contribution < 1.29 is 18.4 Å². The normalized spacial score (nSPS) is 18.0. The van der Waals surface area contributed by atoms with E-state index in [4.69, 9.17) is 0 Å². The van der Waals surface area contributed by atoms with E-state index < -0.39 is 11.1 Å². The Hall–Kier alpha value is -2.74. The van der Waals surface area contributed by atoms with Crippen LogP contribution in [0.5, 0.6) is 0 Å². The second-order valence-corrected chi connectivity index (χ2v) is 6.79. The number of amides is 2. The van der Waals surface area contributed by atoms with Gasteiger partial charge in [-0.3, -0.25) is 14.6 Å². The van der Waals surface area contributed by atoms with Gasteiger partial charge in [0.25, 0.3) is 0 Å². The Labute approximate surface area is 152 Å². The topological polar surface area (TPSA) is 70.6 Å². The third-order valence-electron chi connectivity index (χ3n) is 3.59. The summed E-state index contributed by atoms with van der Waals surface area (Å²) in [5.41, 5.74) is 1.27. The van der Waals surface area contributed by atoms with Crippen LogP contribution in [0.2, 0.25) is 0 Å². The molecule has 0 aliphatic carbocycles. The third kappa shape index (κ3) is 4.89. The quantitative estimate of drug-likeness (QED) is 0.844. The molecular formula is C18H15F2N3O2S. The minimum absolute atomic E-state index is 0.0244. The van der Waals surface area contributed by atoms with Crippen molar-refractivity contribution in [3.63, 3.8) is 0 Å². The first-order chi connectivity index (χ1) is 12.5. The van der Waals surface area contributed by atoms with E-state index in [-0.39, 0.29) is 24.1 Å². The molecule has 5 nitrogen and oxygen atoms in total. The highest BCUT2D eigenvalue weighted by Gasteiger charge is 2.31. The lowest BCUT2D eigenvalue weighted by Crippen LogP contribution is -2.28. The van der Waals surface area contributed by atoms with Crippen LogP contribution in [0, 0.1) is 11.6 Å². The molecule has 0 unspecified atom stereocenters. The molecular weight excluding hydrogens is 360 g/mol. The molecule has 0 saturated carbocycles. The smallest absolute Gasteiger partial charge is 0.240 e. The lowest BCUT2D eigenvalue weighted by molar-refractivity contribution is -0.122. The van der Waals surface area contributed by atoms with Crippen LogP contribution in [-0.2, 0) is 16.1 Å². The van der Waals surface area contributed by atoms with Gasteiger partial charge >= 0.3 is 0 Å². The van der Waals surface area contributed by atoms with Crippen molar-refractivity contribution in [3.05, 3.63) is 65.7 Å². The van der Waals surface area contributed by atoms with Gasteiger partial charge in [-0.2, -0.15) is 0 Å². The van der Waals surface area contributed by atoms with E-state index in [2.05, 4.69) is 15.6 Å². The van der Waals surface area contributed by atoms with E-state index in [0.717, 1.165) is 5.56 Å². The zero-order chi connectivity index (χ0) is 18.5. The van der Waals surface area contributed by atoms with Gasteiger partial charge in [0.15, 0.2) is 5.17 Å². The summed E-state index contributed by atoms with van der Waals surface area (Å²) in [4.78, 5) is 28.3. The van der Waals surface area contributed by atoms with Crippen molar-refractivity contribution in [1.29, 1.82) is 0 Å². The number of nitrogens with zero attached hydrogens (tertiary/aromatic N) is 1. The number of aliphatic imine (C=N–C) groups is 1. The Morgan fingerprint density at radius 3 is 2.35 bits per heavy atom. The van der Waals surface area contributed by atoms with Crippen molar-refractivity contribution in [1.82, 2.24) is 5.32 Å². The molecule has 1 aliphatic heterocycles. The van der Waals surface area contributed by atoms with Gasteiger partial charge in [0.2, 0.25) is 11.8 Å². The van der Waals surface area contributed by atoms with E-state index in [9.17, 15) is 18.4 Å². The Morgan fingerprint density at radius 1 is 1.08 bits per heavy atom. The highest BCUT2D eigenvalue weighted by Crippen LogP contribution is 2.23. The van der Waals surface area contributed by atoms with E-state index in [0.29, 0.717) is 17.4 Å². The van der Waals surface area contributed by atoms with E-state index in [1.807, 2.05) is 0 Å². The maximum atomic E-state index is 12.9. The molecule has 2 amide bonds. The molecule has 1 heterocycles. The molecule has 1 fully saturated rings. The molecule has 0 aromatic heterocycles. The first-order valence-electron chi connectivity index (χ1n) is 7.81. The molecule has 2 N–H and O–H groups in total. The number of anilines is 1. The highest BCUT2D eigenvalue weighted by atomic mass is 32.2. The fraction of sp³-hybridized carbons (Fsp3) is 0.167. The Morgan fingerprint density at radius 2 is 1.69 bits per heavy atom. The number of hydrogen-bond donors (Lipinski definition) is 2. The van der Waals surface area contributed by atoms with Crippen molar-refractivity contribution in [2.75, 3.05) is 5.32 Å². The van der Waals surface area contributed by atoms with Crippen LogP contribution < -0.4 is 10.6 Å². The van der Waals surface area contributed by atoms with E-state index in [1.54, 1.807) is 12.1 Å². The number of thioether (sulfide) groups is 1. The minimum atomic E-state index is -0.581. The van der Waals surface area contributed by atoms with Gasteiger partial charge in [-0.25, -0.2) is 8.78 Å². The SMILES string of the molecule is O=C(C[C@H]1SC(=NCc2ccc(F)cc2)NC1=O)Nc1ccc(F)cc1. The van der Waals surface area contributed by atoms with Crippen LogP contribution in [0.15, 0.2) is 53.5 Å². The van der Waals surface area contributed by atoms with Gasteiger partial charge in [-0.1, -0.05) is 23.9 Å². The number of benzene rings is 2. The Bertz CT molecular complexity index is 839. The maximum absolute atomic E-state index is 12.9. The van der Waals surface area contributed by atoms with Gasteiger partial charge in [0.1, 0.15) is 16.9 Å². The van der Waals surface area contributed by atoms with Crippen LogP contribution in [0.3, 0.4) is 0 Å². The molecule has 0 spiro atoms. The fourth-order valence-corrected chi connectivity index (χ4v) is 3.25. The molecule has 2 aromatic carbocycles. The zero-order valence-corrected chi connectivity index (χ0v) is 14.4. The summed E-state index contributed by atoms with van der Waals surface area (Å²) in [6.07, 6.45) is -0.0244. The number of carbonyl (C=O) groups is 2. The lowest BCUT2D eigenvalue weighted by Gasteiger charge is -2.07. The van der Waals surface area contributed by atoms with Crippen LogP contribution in [0.4, 0.5) is 14.5 Å². The van der Waals surface area contributed by atoms with Crippen LogP contribution in [-0.4, -0.2) is 22.2 Å². The van der Waals surface area contributed by atoms with Crippen LogP contribution in [0.1, 0.15) is 12.0 Å². The molecule has 134 valence electrons. The first-order valence-corrected chi connectivity index (χ1v) is 8.69. The fourth-order valence-electron chi connectivity index (χ4n) is 2.28. The van der Waals surface area contributed by atoms with Gasteiger partial charge in [-0.05, 0) is 42.0 Å². The lowest BCUT2D eigenvalue weighted by atomic mass is 10.2. The average Bonchev–Trinajstić information content (AvgIpc) is 2.96. The van der Waals surface area contributed by atoms with Gasteiger partial charge in [0.05, 0.1) is 6.54 Å². The monoisotopic (exact) mass is 375 g/mol. The summed E-state index contributed by atoms with van der Waals surface area (Å²) in [5.74, 6) is -1.35. The predicted molar refractivity (Wildman–Crippen MR) is 96.7 cm³/mol. The standard InChI is InChI=1S/C18H15F2N3O2S/c19-12-3-1-11(2-4-12)10-21-18-23-17(25)15(26-18)9-16(24)22-14-7-5-13(20)6-8-14/h1-8,15H,9-10H2,(H,22,24)(H,21,23,25)/t15-/m1/s1. The molecule has 0 radical (unpaired) electrons. The number of hydrogen-bond acceptors (Lipinski definition) is 4. The molecule has 1 atom stereocenters. The Balaban J connectivity index is 1.53. The molecule has 26 heavy (non-hydrogen) atoms. The van der Waals surface area contributed by atoms with E-state index in [1.165, 1.54) is 48.2 Å². The summed E-state index contributed by atoms with van der Waals surface area (Å²) in [6.45, 7) is 0.303. The molecule has 1 aliphatic rings. The van der Waals surface area contributed by atoms with Crippen molar-refractivity contribution >= 4 is 34.4 Å². The van der Waals surface area contributed by atoms with Crippen LogP contribution in [0.25, 0.3) is 0 Å². The molecule has 0 bridgehead atoms. The minimum Gasteiger partial charge on any atom is -0.326 e. The number of amidine groups is 1. The van der Waals surface area contributed by atoms with E-state index >= 15 is 0 Å². The summed E-state index contributed by atoms with van der Waals surface area (Å²) in [5, 5.41) is 5.10. The molecule has 2 aromatic rings. The maximum Gasteiger partial charge on any atom is 0.240 e. The Kier molecular flexibility index (Phi) is 5.62. The predicted octanol–water partition coefficient (Wildman–Crippen LogP) is 3.08. The van der Waals surface area contributed by atoms with Gasteiger partial charge in [0, 0.05) is 12.1 Å². The van der Waals surface area contributed by atoms with Crippen LogP contribution >= 0.6 is 11.8 Å². The summed E-state index contributed by atoms with van der Waals surface area (Å²) in [6, 6.07) is 11.3. The first kappa shape index (κ1) is 18.1. The largest absolute Gasteiger partial charge is 0.326 e. The van der Waals surface area contributed by atoms with Gasteiger partial charge in [-0.15, -0.1) is 0 Å². The second-order valence-electron chi connectivity index (χ2n) is 5.60.